The number of carbonyl (C=O) groups excluding carboxylic acids is 1. The van der Waals surface area contributed by atoms with Gasteiger partial charge < -0.3 is 10.2 Å². The van der Waals surface area contributed by atoms with Crippen LogP contribution in [0, 0.1) is 0 Å². The van der Waals surface area contributed by atoms with Crippen LogP contribution in [0.5, 0.6) is 0 Å². The van der Waals surface area contributed by atoms with Crippen LogP contribution in [0.2, 0.25) is 5.02 Å². The van der Waals surface area contributed by atoms with Gasteiger partial charge in [-0.25, -0.2) is 4.98 Å². The average Bonchev–Trinajstić information content (AvgIpc) is 2.83. The first kappa shape index (κ1) is 14.1. The lowest BCUT2D eigenvalue weighted by molar-refractivity contribution is -0.129. The summed E-state index contributed by atoms with van der Waals surface area (Å²) in [5, 5.41) is 3.91. The maximum Gasteiger partial charge on any atom is 0.222 e. The van der Waals surface area contributed by atoms with E-state index in [2.05, 4.69) is 17.2 Å². The molecular formula is C14H20ClN3O. The largest absolute Gasteiger partial charge is 0.370 e. The van der Waals surface area contributed by atoms with Crippen molar-refractivity contribution in [1.82, 2.24) is 9.88 Å². The highest BCUT2D eigenvalue weighted by atomic mass is 35.5. The molecule has 2 rings (SSSR count). The molecule has 0 unspecified atom stereocenters. The Balaban J connectivity index is 1.80. The van der Waals surface area contributed by atoms with E-state index >= 15 is 0 Å². The second kappa shape index (κ2) is 6.75. The van der Waals surface area contributed by atoms with Crippen molar-refractivity contribution in [2.75, 3.05) is 18.4 Å². The maximum absolute atomic E-state index is 11.7. The van der Waals surface area contributed by atoms with E-state index in [1.54, 1.807) is 6.20 Å². The Labute approximate surface area is 119 Å². The minimum Gasteiger partial charge on any atom is -0.370 e. The van der Waals surface area contributed by atoms with Crippen molar-refractivity contribution in [2.45, 2.75) is 38.6 Å². The summed E-state index contributed by atoms with van der Waals surface area (Å²) < 4.78 is 0. The molecule has 1 aromatic rings. The van der Waals surface area contributed by atoms with Crippen molar-refractivity contribution < 1.29 is 4.79 Å². The average molecular weight is 282 g/mol. The standard InChI is InChI=1S/C14H20ClN3O/c1-2-12(18-9-3-4-14(18)19)7-8-16-13-6-5-11(15)10-17-13/h5-6,10,12H,2-4,7-9H2,1H3,(H,16,17)/t12-/m1/s1. The van der Waals surface area contributed by atoms with Gasteiger partial charge in [0.1, 0.15) is 5.82 Å². The minimum atomic E-state index is 0.302. The van der Waals surface area contributed by atoms with Crippen LogP contribution in [0.25, 0.3) is 0 Å². The molecule has 104 valence electrons. The van der Waals surface area contributed by atoms with Crippen LogP contribution in [-0.4, -0.2) is 34.9 Å². The van der Waals surface area contributed by atoms with Gasteiger partial charge in [-0.05, 0) is 31.4 Å². The quantitative estimate of drug-likeness (QED) is 0.872. The van der Waals surface area contributed by atoms with Gasteiger partial charge in [0, 0.05) is 31.7 Å². The van der Waals surface area contributed by atoms with Crippen molar-refractivity contribution in [3.8, 4) is 0 Å². The molecule has 0 aromatic carbocycles. The van der Waals surface area contributed by atoms with Crippen LogP contribution < -0.4 is 5.32 Å². The smallest absolute Gasteiger partial charge is 0.222 e. The van der Waals surface area contributed by atoms with Crippen molar-refractivity contribution >= 4 is 23.3 Å². The molecule has 19 heavy (non-hydrogen) atoms. The number of aromatic nitrogens is 1. The summed E-state index contributed by atoms with van der Waals surface area (Å²) >= 11 is 5.79. The molecule has 1 fully saturated rings. The van der Waals surface area contributed by atoms with E-state index in [9.17, 15) is 4.79 Å². The van der Waals surface area contributed by atoms with E-state index in [1.165, 1.54) is 0 Å². The number of halogens is 1. The third kappa shape index (κ3) is 3.83. The number of amides is 1. The SMILES string of the molecule is CC[C@H](CCNc1ccc(Cl)cn1)N1CCCC1=O. The second-order valence-corrected chi connectivity index (χ2v) is 5.27. The molecule has 1 N–H and O–H groups in total. The van der Waals surface area contributed by atoms with Gasteiger partial charge in [0.2, 0.25) is 5.91 Å². The third-order valence-electron chi connectivity index (χ3n) is 3.53. The van der Waals surface area contributed by atoms with Gasteiger partial charge in [0.25, 0.3) is 0 Å². The first-order chi connectivity index (χ1) is 9.20. The van der Waals surface area contributed by atoms with Crippen LogP contribution in [0.15, 0.2) is 18.3 Å². The lowest BCUT2D eigenvalue weighted by Crippen LogP contribution is -2.37. The first-order valence-electron chi connectivity index (χ1n) is 6.85. The van der Waals surface area contributed by atoms with Gasteiger partial charge in [0.15, 0.2) is 0 Å². The normalized spacial score (nSPS) is 16.7. The first-order valence-corrected chi connectivity index (χ1v) is 7.23. The lowest BCUT2D eigenvalue weighted by atomic mass is 10.1. The molecule has 1 saturated heterocycles. The minimum absolute atomic E-state index is 0.302. The Morgan fingerprint density at radius 1 is 1.53 bits per heavy atom. The summed E-state index contributed by atoms with van der Waals surface area (Å²) in [5.41, 5.74) is 0. The molecule has 0 spiro atoms. The summed E-state index contributed by atoms with van der Waals surface area (Å²) in [6.45, 7) is 3.87. The van der Waals surface area contributed by atoms with Crippen molar-refractivity contribution in [3.05, 3.63) is 23.4 Å². The highest BCUT2D eigenvalue weighted by Crippen LogP contribution is 2.18. The number of rotatable bonds is 6. The van der Waals surface area contributed by atoms with Gasteiger partial charge in [0.05, 0.1) is 5.02 Å². The number of hydrogen-bond acceptors (Lipinski definition) is 3. The molecule has 5 heteroatoms. The molecule has 0 aliphatic carbocycles. The Morgan fingerprint density at radius 3 is 2.95 bits per heavy atom. The van der Waals surface area contributed by atoms with Crippen molar-refractivity contribution in [2.24, 2.45) is 0 Å². The van der Waals surface area contributed by atoms with E-state index < -0.39 is 0 Å². The summed E-state index contributed by atoms with van der Waals surface area (Å²) in [4.78, 5) is 17.9. The number of anilines is 1. The zero-order valence-electron chi connectivity index (χ0n) is 11.2. The van der Waals surface area contributed by atoms with Gasteiger partial charge in [-0.2, -0.15) is 0 Å². The molecule has 1 atom stereocenters. The van der Waals surface area contributed by atoms with Crippen LogP contribution in [-0.2, 0) is 4.79 Å². The summed E-state index contributed by atoms with van der Waals surface area (Å²) in [7, 11) is 0. The number of likely N-dealkylation sites (tertiary alicyclic amines) is 1. The molecule has 1 aliphatic rings. The summed E-state index contributed by atoms with van der Waals surface area (Å²) in [5.74, 6) is 1.13. The molecular weight excluding hydrogens is 262 g/mol. The number of pyridine rings is 1. The fourth-order valence-corrected chi connectivity index (χ4v) is 2.59. The molecule has 2 heterocycles. The highest BCUT2D eigenvalue weighted by molar-refractivity contribution is 6.30. The van der Waals surface area contributed by atoms with Gasteiger partial charge in [-0.1, -0.05) is 18.5 Å². The topological polar surface area (TPSA) is 45.2 Å². The molecule has 1 amide bonds. The van der Waals surface area contributed by atoms with Gasteiger partial charge in [-0.15, -0.1) is 0 Å². The fraction of sp³-hybridized carbons (Fsp3) is 0.571. The van der Waals surface area contributed by atoms with E-state index in [0.717, 1.165) is 38.2 Å². The Kier molecular flexibility index (Phi) is 5.02. The predicted octanol–water partition coefficient (Wildman–Crippen LogP) is 2.94. The van der Waals surface area contributed by atoms with Gasteiger partial charge >= 0.3 is 0 Å². The van der Waals surface area contributed by atoms with Gasteiger partial charge in [-0.3, -0.25) is 4.79 Å². The molecule has 1 aliphatic heterocycles. The van der Waals surface area contributed by atoms with E-state index in [4.69, 9.17) is 11.6 Å². The molecule has 4 nitrogen and oxygen atoms in total. The molecule has 0 radical (unpaired) electrons. The zero-order chi connectivity index (χ0) is 13.7. The summed E-state index contributed by atoms with van der Waals surface area (Å²) in [6.07, 6.45) is 5.30. The number of carbonyl (C=O) groups is 1. The third-order valence-corrected chi connectivity index (χ3v) is 3.76. The van der Waals surface area contributed by atoms with Crippen LogP contribution in [0.4, 0.5) is 5.82 Å². The van der Waals surface area contributed by atoms with Crippen molar-refractivity contribution in [1.29, 1.82) is 0 Å². The zero-order valence-corrected chi connectivity index (χ0v) is 12.0. The summed E-state index contributed by atoms with van der Waals surface area (Å²) in [6, 6.07) is 4.03. The van der Waals surface area contributed by atoms with Crippen LogP contribution >= 0.6 is 11.6 Å². The van der Waals surface area contributed by atoms with Crippen molar-refractivity contribution in [3.63, 3.8) is 0 Å². The monoisotopic (exact) mass is 281 g/mol. The Bertz CT molecular complexity index is 421. The Morgan fingerprint density at radius 2 is 2.37 bits per heavy atom. The highest BCUT2D eigenvalue weighted by Gasteiger charge is 2.26. The molecule has 0 saturated carbocycles. The predicted molar refractivity (Wildman–Crippen MR) is 77.4 cm³/mol. The van der Waals surface area contributed by atoms with E-state index in [1.807, 2.05) is 17.0 Å². The Hall–Kier alpha value is -1.29. The van der Waals surface area contributed by atoms with Crippen LogP contribution in [0.1, 0.15) is 32.6 Å². The van der Waals surface area contributed by atoms with E-state index in [0.29, 0.717) is 23.4 Å². The number of nitrogens with one attached hydrogen (secondary N) is 1. The lowest BCUT2D eigenvalue weighted by Gasteiger charge is -2.27. The number of hydrogen-bond donors (Lipinski definition) is 1. The second-order valence-electron chi connectivity index (χ2n) is 4.83. The molecule has 1 aromatic heterocycles. The fourth-order valence-electron chi connectivity index (χ4n) is 2.48. The number of nitrogens with zero attached hydrogens (tertiary/aromatic N) is 2. The van der Waals surface area contributed by atoms with E-state index in [-0.39, 0.29) is 0 Å². The maximum atomic E-state index is 11.7. The molecule has 0 bridgehead atoms. The van der Waals surface area contributed by atoms with Crippen LogP contribution in [0.3, 0.4) is 0 Å².